The molecule has 1 aromatic rings. The minimum absolute atomic E-state index is 0. The molecule has 1 aliphatic heterocycles. The largest absolute Gasteiger partial charge is 0.435 e. The third-order valence-electron chi connectivity index (χ3n) is 3.94. The minimum Gasteiger partial charge on any atom is -0.435 e. The normalized spacial score (nSPS) is 22.1. The van der Waals surface area contributed by atoms with Crippen LogP contribution < -0.4 is 15.4 Å². The van der Waals surface area contributed by atoms with E-state index in [0.29, 0.717) is 6.04 Å². The first-order valence-corrected chi connectivity index (χ1v) is 7.54. The van der Waals surface area contributed by atoms with Crippen molar-refractivity contribution < 1.29 is 18.3 Å². The van der Waals surface area contributed by atoms with Crippen LogP contribution in [0.4, 0.5) is 8.78 Å². The Morgan fingerprint density at radius 2 is 2.17 bits per heavy atom. The monoisotopic (exact) mass is 348 g/mol. The highest BCUT2D eigenvalue weighted by molar-refractivity contribution is 5.85. The molecule has 1 unspecified atom stereocenters. The molecule has 0 radical (unpaired) electrons. The number of hydrogen-bond donors (Lipinski definition) is 2. The summed E-state index contributed by atoms with van der Waals surface area (Å²) in [4.78, 5) is 12.3. The van der Waals surface area contributed by atoms with Gasteiger partial charge in [-0.05, 0) is 50.9 Å². The number of rotatable bonds is 5. The van der Waals surface area contributed by atoms with Crippen LogP contribution in [0.1, 0.15) is 38.3 Å². The van der Waals surface area contributed by atoms with E-state index in [0.717, 1.165) is 24.9 Å². The molecular weight excluding hydrogens is 326 g/mol. The molecule has 0 saturated carbocycles. The Morgan fingerprint density at radius 3 is 2.83 bits per heavy atom. The number of ether oxygens (including phenoxy) is 1. The second-order valence-electron chi connectivity index (χ2n) is 5.76. The van der Waals surface area contributed by atoms with Crippen LogP contribution in [0.15, 0.2) is 24.3 Å². The number of piperidine rings is 1. The zero-order chi connectivity index (χ0) is 16.1. The third-order valence-corrected chi connectivity index (χ3v) is 3.94. The minimum atomic E-state index is -2.85. The molecule has 4 nitrogen and oxygen atoms in total. The van der Waals surface area contributed by atoms with Crippen molar-refractivity contribution in [1.29, 1.82) is 0 Å². The van der Waals surface area contributed by atoms with Crippen molar-refractivity contribution >= 4 is 18.3 Å². The maximum atomic E-state index is 12.3. The van der Waals surface area contributed by atoms with Crippen molar-refractivity contribution in [3.8, 4) is 5.75 Å². The second kappa shape index (κ2) is 9.03. The average molecular weight is 349 g/mol. The molecule has 0 bridgehead atoms. The number of amides is 1. The predicted octanol–water partition coefficient (Wildman–Crippen LogP) is 3.28. The van der Waals surface area contributed by atoms with Crippen LogP contribution in [0.25, 0.3) is 0 Å². The topological polar surface area (TPSA) is 50.4 Å². The molecule has 1 fully saturated rings. The van der Waals surface area contributed by atoms with E-state index in [4.69, 9.17) is 0 Å². The predicted molar refractivity (Wildman–Crippen MR) is 87.1 cm³/mol. The molecule has 3 atom stereocenters. The van der Waals surface area contributed by atoms with Crippen LogP contribution in [0, 0.1) is 5.92 Å². The van der Waals surface area contributed by atoms with E-state index in [9.17, 15) is 13.6 Å². The van der Waals surface area contributed by atoms with Crippen molar-refractivity contribution in [1.82, 2.24) is 10.6 Å². The lowest BCUT2D eigenvalue weighted by Gasteiger charge is -2.28. The number of nitrogens with one attached hydrogen (secondary N) is 2. The Kier molecular flexibility index (Phi) is 7.72. The van der Waals surface area contributed by atoms with Gasteiger partial charge in [0.2, 0.25) is 5.91 Å². The SMILES string of the molecule is CC(NC(=O)[C@H]1CCN[C@@H](C)C1)c1cccc(OC(F)F)c1.Cl. The summed E-state index contributed by atoms with van der Waals surface area (Å²) in [5.41, 5.74) is 0.744. The molecule has 2 N–H and O–H groups in total. The lowest BCUT2D eigenvalue weighted by Crippen LogP contribution is -2.42. The Bertz CT molecular complexity index is 517. The summed E-state index contributed by atoms with van der Waals surface area (Å²) in [6.45, 7) is 1.89. The molecule has 1 amide bonds. The smallest absolute Gasteiger partial charge is 0.387 e. The van der Waals surface area contributed by atoms with Gasteiger partial charge in [0.15, 0.2) is 0 Å². The van der Waals surface area contributed by atoms with Gasteiger partial charge in [0.25, 0.3) is 0 Å². The maximum Gasteiger partial charge on any atom is 0.387 e. The summed E-state index contributed by atoms with van der Waals surface area (Å²) >= 11 is 0. The van der Waals surface area contributed by atoms with Crippen molar-refractivity contribution in [2.45, 2.75) is 45.4 Å². The van der Waals surface area contributed by atoms with Gasteiger partial charge in [-0.2, -0.15) is 8.78 Å². The molecule has 1 saturated heterocycles. The van der Waals surface area contributed by atoms with Gasteiger partial charge < -0.3 is 15.4 Å². The van der Waals surface area contributed by atoms with Gasteiger partial charge in [-0.3, -0.25) is 4.79 Å². The standard InChI is InChI=1S/C16H22F2N2O2.ClH/c1-10-8-13(6-7-19-10)15(21)20-11(2)12-4-3-5-14(9-12)22-16(17)18;/h3-5,9-11,13,16,19H,6-8H2,1-2H3,(H,20,21);1H/t10-,11?,13-;/m0./s1. The van der Waals surface area contributed by atoms with Crippen LogP contribution in [0.3, 0.4) is 0 Å². The average Bonchev–Trinajstić information content (AvgIpc) is 2.46. The number of carbonyl (C=O) groups excluding carboxylic acids is 1. The summed E-state index contributed by atoms with van der Waals surface area (Å²) < 4.78 is 28.9. The van der Waals surface area contributed by atoms with Crippen LogP contribution in [-0.2, 0) is 4.79 Å². The molecule has 0 aliphatic carbocycles. The zero-order valence-electron chi connectivity index (χ0n) is 13.2. The van der Waals surface area contributed by atoms with Crippen LogP contribution >= 0.6 is 12.4 Å². The molecule has 0 aromatic heterocycles. The molecule has 7 heteroatoms. The van der Waals surface area contributed by atoms with Crippen LogP contribution in [0.5, 0.6) is 5.75 Å². The highest BCUT2D eigenvalue weighted by atomic mass is 35.5. The van der Waals surface area contributed by atoms with Crippen molar-refractivity contribution in [2.75, 3.05) is 6.54 Å². The molecule has 0 spiro atoms. The van der Waals surface area contributed by atoms with E-state index in [2.05, 4.69) is 22.3 Å². The van der Waals surface area contributed by atoms with Gasteiger partial charge in [-0.1, -0.05) is 12.1 Å². The summed E-state index contributed by atoms with van der Waals surface area (Å²) in [6.07, 6.45) is 1.63. The van der Waals surface area contributed by atoms with Gasteiger partial charge >= 0.3 is 6.61 Å². The van der Waals surface area contributed by atoms with E-state index < -0.39 is 6.61 Å². The third kappa shape index (κ3) is 5.95. The molecule has 130 valence electrons. The fraction of sp³-hybridized carbons (Fsp3) is 0.562. The Morgan fingerprint density at radius 1 is 1.43 bits per heavy atom. The first-order valence-electron chi connectivity index (χ1n) is 7.54. The quantitative estimate of drug-likeness (QED) is 0.858. The van der Waals surface area contributed by atoms with Crippen molar-refractivity contribution in [3.05, 3.63) is 29.8 Å². The lowest BCUT2D eigenvalue weighted by atomic mass is 9.92. The highest BCUT2D eigenvalue weighted by Crippen LogP contribution is 2.22. The number of carbonyl (C=O) groups is 1. The van der Waals surface area contributed by atoms with E-state index in [-0.39, 0.29) is 36.0 Å². The molecule has 1 heterocycles. The number of halogens is 3. The van der Waals surface area contributed by atoms with Gasteiger partial charge in [0.05, 0.1) is 6.04 Å². The van der Waals surface area contributed by atoms with Gasteiger partial charge in [0.1, 0.15) is 5.75 Å². The van der Waals surface area contributed by atoms with Crippen LogP contribution in [-0.4, -0.2) is 25.1 Å². The van der Waals surface area contributed by atoms with Gasteiger partial charge in [0, 0.05) is 12.0 Å². The van der Waals surface area contributed by atoms with Gasteiger partial charge in [-0.15, -0.1) is 12.4 Å². The highest BCUT2D eigenvalue weighted by Gasteiger charge is 2.25. The maximum absolute atomic E-state index is 12.3. The Hall–Kier alpha value is -1.40. The van der Waals surface area contributed by atoms with E-state index in [1.165, 1.54) is 12.1 Å². The zero-order valence-corrected chi connectivity index (χ0v) is 14.0. The second-order valence-corrected chi connectivity index (χ2v) is 5.76. The molecule has 1 aromatic carbocycles. The first-order chi connectivity index (χ1) is 10.5. The fourth-order valence-electron chi connectivity index (χ4n) is 2.74. The fourth-order valence-corrected chi connectivity index (χ4v) is 2.74. The van der Waals surface area contributed by atoms with Crippen LogP contribution in [0.2, 0.25) is 0 Å². The molecule has 23 heavy (non-hydrogen) atoms. The summed E-state index contributed by atoms with van der Waals surface area (Å²) in [5, 5.41) is 6.27. The number of hydrogen-bond acceptors (Lipinski definition) is 3. The van der Waals surface area contributed by atoms with Crippen molar-refractivity contribution in [2.24, 2.45) is 5.92 Å². The summed E-state index contributed by atoms with van der Waals surface area (Å²) in [6, 6.07) is 6.51. The first kappa shape index (κ1) is 19.6. The van der Waals surface area contributed by atoms with Gasteiger partial charge in [-0.25, -0.2) is 0 Å². The summed E-state index contributed by atoms with van der Waals surface area (Å²) in [7, 11) is 0. The number of alkyl halides is 2. The molecule has 1 aliphatic rings. The lowest BCUT2D eigenvalue weighted by molar-refractivity contribution is -0.126. The number of benzene rings is 1. The van der Waals surface area contributed by atoms with E-state index in [1.807, 2.05) is 6.92 Å². The van der Waals surface area contributed by atoms with E-state index in [1.54, 1.807) is 12.1 Å². The Balaban J connectivity index is 0.00000264. The van der Waals surface area contributed by atoms with E-state index >= 15 is 0 Å². The molecular formula is C16H23ClF2N2O2. The Labute approximate surface area is 141 Å². The molecule has 2 rings (SSSR count). The summed E-state index contributed by atoms with van der Waals surface area (Å²) in [5.74, 6) is 0.115. The van der Waals surface area contributed by atoms with Crippen molar-refractivity contribution in [3.63, 3.8) is 0 Å².